The summed E-state index contributed by atoms with van der Waals surface area (Å²) in [4.78, 5) is 8.94. The van der Waals surface area contributed by atoms with Crippen LogP contribution in [-0.4, -0.2) is 9.97 Å². The molecule has 1 atom stereocenters. The maximum Gasteiger partial charge on any atom is 0.0650 e. The zero-order valence-corrected chi connectivity index (χ0v) is 7.67. The van der Waals surface area contributed by atoms with Crippen molar-refractivity contribution in [1.29, 1.82) is 0 Å². The van der Waals surface area contributed by atoms with Crippen molar-refractivity contribution >= 4 is 0 Å². The van der Waals surface area contributed by atoms with Crippen LogP contribution in [0.2, 0.25) is 0 Å². The SMILES string of the molecule is Cc1cnc2c(n1)C(C)CCC2. The molecule has 0 saturated heterocycles. The van der Waals surface area contributed by atoms with E-state index < -0.39 is 0 Å². The second kappa shape index (κ2) is 2.85. The van der Waals surface area contributed by atoms with Crippen molar-refractivity contribution < 1.29 is 0 Å². The van der Waals surface area contributed by atoms with Crippen LogP contribution < -0.4 is 0 Å². The Morgan fingerprint density at radius 2 is 2.33 bits per heavy atom. The van der Waals surface area contributed by atoms with Crippen molar-refractivity contribution in [2.24, 2.45) is 0 Å². The van der Waals surface area contributed by atoms with Gasteiger partial charge in [-0.3, -0.25) is 9.97 Å². The minimum atomic E-state index is 0.612. The standard InChI is InChI=1S/C10H14N2/c1-7-4-3-5-9-10(7)12-8(2)6-11-9/h6-7H,3-5H2,1-2H3. The fourth-order valence-corrected chi connectivity index (χ4v) is 1.82. The van der Waals surface area contributed by atoms with Crippen LogP contribution >= 0.6 is 0 Å². The average Bonchev–Trinajstić information content (AvgIpc) is 2.07. The molecule has 0 aromatic carbocycles. The van der Waals surface area contributed by atoms with E-state index in [4.69, 9.17) is 0 Å². The molecule has 2 rings (SSSR count). The summed E-state index contributed by atoms with van der Waals surface area (Å²) in [6.45, 7) is 4.25. The van der Waals surface area contributed by atoms with Gasteiger partial charge in [-0.25, -0.2) is 0 Å². The molecule has 1 aliphatic rings. The van der Waals surface area contributed by atoms with Crippen LogP contribution in [0.3, 0.4) is 0 Å². The normalized spacial score (nSPS) is 22.0. The fraction of sp³-hybridized carbons (Fsp3) is 0.600. The van der Waals surface area contributed by atoms with Gasteiger partial charge in [-0.2, -0.15) is 0 Å². The Labute approximate surface area is 73.1 Å². The smallest absolute Gasteiger partial charge is 0.0650 e. The molecule has 1 unspecified atom stereocenters. The van der Waals surface area contributed by atoms with Crippen molar-refractivity contribution in [2.75, 3.05) is 0 Å². The van der Waals surface area contributed by atoms with Gasteiger partial charge in [0.1, 0.15) is 0 Å². The number of aryl methyl sites for hydroxylation is 2. The van der Waals surface area contributed by atoms with Crippen molar-refractivity contribution in [3.63, 3.8) is 0 Å². The van der Waals surface area contributed by atoms with Gasteiger partial charge in [0.2, 0.25) is 0 Å². The zero-order valence-electron chi connectivity index (χ0n) is 7.67. The lowest BCUT2D eigenvalue weighted by molar-refractivity contribution is 0.559. The van der Waals surface area contributed by atoms with E-state index in [9.17, 15) is 0 Å². The summed E-state index contributed by atoms with van der Waals surface area (Å²) < 4.78 is 0. The summed E-state index contributed by atoms with van der Waals surface area (Å²) in [6.07, 6.45) is 5.53. The molecule has 64 valence electrons. The molecule has 0 aliphatic heterocycles. The summed E-state index contributed by atoms with van der Waals surface area (Å²) in [5.41, 5.74) is 3.50. The lowest BCUT2D eigenvalue weighted by Crippen LogP contribution is -2.11. The molecule has 0 saturated carbocycles. The number of rotatable bonds is 0. The van der Waals surface area contributed by atoms with Crippen molar-refractivity contribution in [2.45, 2.75) is 39.0 Å². The Balaban J connectivity index is 2.47. The van der Waals surface area contributed by atoms with Gasteiger partial charge in [-0.15, -0.1) is 0 Å². The largest absolute Gasteiger partial charge is 0.258 e. The molecule has 1 heterocycles. The van der Waals surface area contributed by atoms with Gasteiger partial charge in [-0.1, -0.05) is 6.92 Å². The monoisotopic (exact) mass is 162 g/mol. The van der Waals surface area contributed by atoms with Crippen molar-refractivity contribution in [3.05, 3.63) is 23.3 Å². The summed E-state index contributed by atoms with van der Waals surface area (Å²) >= 11 is 0. The molecule has 2 nitrogen and oxygen atoms in total. The zero-order chi connectivity index (χ0) is 8.55. The summed E-state index contributed by atoms with van der Waals surface area (Å²) in [7, 11) is 0. The van der Waals surface area contributed by atoms with E-state index in [1.54, 1.807) is 0 Å². The van der Waals surface area contributed by atoms with E-state index in [2.05, 4.69) is 16.9 Å². The Kier molecular flexibility index (Phi) is 1.83. The van der Waals surface area contributed by atoms with E-state index in [1.165, 1.54) is 24.2 Å². The third-order valence-electron chi connectivity index (χ3n) is 2.52. The highest BCUT2D eigenvalue weighted by Gasteiger charge is 2.18. The highest BCUT2D eigenvalue weighted by atomic mass is 14.8. The Morgan fingerprint density at radius 3 is 3.17 bits per heavy atom. The number of nitrogens with zero attached hydrogens (tertiary/aromatic N) is 2. The van der Waals surface area contributed by atoms with Gasteiger partial charge in [0, 0.05) is 12.1 Å². The summed E-state index contributed by atoms with van der Waals surface area (Å²) in [6, 6.07) is 0. The third kappa shape index (κ3) is 1.22. The highest BCUT2D eigenvalue weighted by Crippen LogP contribution is 2.27. The molecule has 0 spiro atoms. The predicted molar refractivity (Wildman–Crippen MR) is 48.1 cm³/mol. The van der Waals surface area contributed by atoms with Gasteiger partial charge < -0.3 is 0 Å². The second-order valence-corrected chi connectivity index (χ2v) is 3.64. The molecule has 2 heteroatoms. The topological polar surface area (TPSA) is 25.8 Å². The molecule has 0 amide bonds. The number of fused-ring (bicyclic) bond motifs is 1. The van der Waals surface area contributed by atoms with E-state index in [1.807, 2.05) is 13.1 Å². The van der Waals surface area contributed by atoms with Crippen LogP contribution in [-0.2, 0) is 6.42 Å². The minimum absolute atomic E-state index is 0.612. The molecular formula is C10H14N2. The van der Waals surface area contributed by atoms with Crippen molar-refractivity contribution in [3.8, 4) is 0 Å². The van der Waals surface area contributed by atoms with Crippen LogP contribution in [0.15, 0.2) is 6.20 Å². The lowest BCUT2D eigenvalue weighted by Gasteiger charge is -2.19. The average molecular weight is 162 g/mol. The maximum absolute atomic E-state index is 4.53. The first-order valence-electron chi connectivity index (χ1n) is 4.60. The van der Waals surface area contributed by atoms with Gasteiger partial charge in [0.05, 0.1) is 17.1 Å². The van der Waals surface area contributed by atoms with Gasteiger partial charge >= 0.3 is 0 Å². The predicted octanol–water partition coefficient (Wildman–Crippen LogP) is 2.22. The van der Waals surface area contributed by atoms with Gasteiger partial charge in [0.25, 0.3) is 0 Å². The molecule has 0 bridgehead atoms. The van der Waals surface area contributed by atoms with Crippen LogP contribution in [0.5, 0.6) is 0 Å². The second-order valence-electron chi connectivity index (χ2n) is 3.64. The van der Waals surface area contributed by atoms with Crippen LogP contribution in [0, 0.1) is 6.92 Å². The minimum Gasteiger partial charge on any atom is -0.258 e. The van der Waals surface area contributed by atoms with Crippen molar-refractivity contribution in [1.82, 2.24) is 9.97 Å². The molecule has 0 radical (unpaired) electrons. The first-order chi connectivity index (χ1) is 5.77. The lowest BCUT2D eigenvalue weighted by atomic mass is 9.91. The summed E-state index contributed by atoms with van der Waals surface area (Å²) in [5.74, 6) is 0.612. The Morgan fingerprint density at radius 1 is 1.50 bits per heavy atom. The first kappa shape index (κ1) is 7.71. The number of hydrogen-bond donors (Lipinski definition) is 0. The summed E-state index contributed by atoms with van der Waals surface area (Å²) in [5, 5.41) is 0. The molecule has 0 N–H and O–H groups in total. The first-order valence-corrected chi connectivity index (χ1v) is 4.60. The quantitative estimate of drug-likeness (QED) is 0.584. The van der Waals surface area contributed by atoms with Crippen LogP contribution in [0.25, 0.3) is 0 Å². The Bertz CT molecular complexity index is 294. The molecule has 12 heavy (non-hydrogen) atoms. The number of aromatic nitrogens is 2. The van der Waals surface area contributed by atoms with Crippen LogP contribution in [0.1, 0.15) is 42.8 Å². The van der Waals surface area contributed by atoms with E-state index in [-0.39, 0.29) is 0 Å². The molecule has 0 fully saturated rings. The fourth-order valence-electron chi connectivity index (χ4n) is 1.82. The van der Waals surface area contributed by atoms with E-state index >= 15 is 0 Å². The van der Waals surface area contributed by atoms with E-state index in [0.717, 1.165) is 12.1 Å². The maximum atomic E-state index is 4.53. The van der Waals surface area contributed by atoms with Gasteiger partial charge in [-0.05, 0) is 26.2 Å². The molecule has 1 aromatic rings. The molecule has 1 aliphatic carbocycles. The third-order valence-corrected chi connectivity index (χ3v) is 2.52. The van der Waals surface area contributed by atoms with E-state index in [0.29, 0.717) is 5.92 Å². The highest BCUT2D eigenvalue weighted by molar-refractivity contribution is 5.20. The number of hydrogen-bond acceptors (Lipinski definition) is 2. The molecule has 1 aromatic heterocycles. The molecular weight excluding hydrogens is 148 g/mol. The van der Waals surface area contributed by atoms with Crippen LogP contribution in [0.4, 0.5) is 0 Å². The van der Waals surface area contributed by atoms with Gasteiger partial charge in [0.15, 0.2) is 0 Å². The Hall–Kier alpha value is -0.920.